The van der Waals surface area contributed by atoms with Crippen molar-refractivity contribution in [2.75, 3.05) is 26.2 Å². The summed E-state index contributed by atoms with van der Waals surface area (Å²) in [4.78, 5) is 19.9. The van der Waals surface area contributed by atoms with Gasteiger partial charge in [-0.15, -0.1) is 0 Å². The van der Waals surface area contributed by atoms with Gasteiger partial charge in [-0.3, -0.25) is 14.9 Å². The summed E-state index contributed by atoms with van der Waals surface area (Å²) in [5.74, 6) is 0.397. The lowest BCUT2D eigenvalue weighted by Gasteiger charge is -2.32. The highest BCUT2D eigenvalue weighted by molar-refractivity contribution is 6.05. The average molecular weight is 454 g/mol. The van der Waals surface area contributed by atoms with E-state index < -0.39 is 0 Å². The molecule has 4 aromatic rings. The van der Waals surface area contributed by atoms with Gasteiger partial charge in [-0.1, -0.05) is 42.5 Å². The fraction of sp³-hybridized carbons (Fsp3) is 0.321. The number of aromatic nitrogens is 3. The molecule has 174 valence electrons. The number of amides is 1. The number of carbonyl (C=O) groups excluding carboxylic acids is 1. The zero-order valence-electron chi connectivity index (χ0n) is 19.6. The minimum Gasteiger partial charge on any atom is -0.350 e. The van der Waals surface area contributed by atoms with Crippen LogP contribution in [0.25, 0.3) is 22.0 Å². The number of pyridine rings is 1. The molecule has 6 nitrogen and oxygen atoms in total. The first kappa shape index (κ1) is 22.3. The Morgan fingerprint density at radius 2 is 1.85 bits per heavy atom. The quantitative estimate of drug-likeness (QED) is 0.428. The van der Waals surface area contributed by atoms with Crippen molar-refractivity contribution in [1.29, 1.82) is 0 Å². The normalized spacial score (nSPS) is 15.0. The second kappa shape index (κ2) is 10.2. The highest BCUT2D eigenvalue weighted by Crippen LogP contribution is 2.25. The van der Waals surface area contributed by atoms with Gasteiger partial charge in [0, 0.05) is 35.9 Å². The second-order valence-electron chi connectivity index (χ2n) is 9.25. The molecule has 1 saturated heterocycles. The van der Waals surface area contributed by atoms with Crippen molar-refractivity contribution in [2.24, 2.45) is 5.92 Å². The number of aryl methyl sites for hydroxylation is 1. The number of fused-ring (bicyclic) bond motifs is 1. The van der Waals surface area contributed by atoms with Gasteiger partial charge in [0.05, 0.1) is 5.52 Å². The summed E-state index contributed by atoms with van der Waals surface area (Å²) in [7, 11) is 0. The third-order valence-corrected chi connectivity index (χ3v) is 6.84. The summed E-state index contributed by atoms with van der Waals surface area (Å²) >= 11 is 0. The van der Waals surface area contributed by atoms with E-state index in [1.54, 1.807) is 0 Å². The van der Waals surface area contributed by atoms with Gasteiger partial charge < -0.3 is 10.2 Å². The van der Waals surface area contributed by atoms with Crippen LogP contribution in [0.15, 0.2) is 66.9 Å². The minimum absolute atomic E-state index is 0.114. The van der Waals surface area contributed by atoms with Gasteiger partial charge in [0.25, 0.3) is 5.91 Å². The Balaban J connectivity index is 1.15. The number of nitrogens with one attached hydrogen (secondary N) is 2. The number of benzene rings is 2. The number of rotatable bonds is 7. The number of likely N-dealkylation sites (tertiary alicyclic amines) is 1. The van der Waals surface area contributed by atoms with Crippen molar-refractivity contribution in [2.45, 2.75) is 26.2 Å². The molecule has 2 aromatic heterocycles. The molecule has 0 spiro atoms. The Morgan fingerprint density at radius 3 is 2.62 bits per heavy atom. The van der Waals surface area contributed by atoms with Gasteiger partial charge in [0.1, 0.15) is 0 Å². The first-order chi connectivity index (χ1) is 16.7. The van der Waals surface area contributed by atoms with Crippen LogP contribution in [-0.2, 0) is 6.42 Å². The zero-order chi connectivity index (χ0) is 23.3. The van der Waals surface area contributed by atoms with Crippen LogP contribution in [-0.4, -0.2) is 52.2 Å². The number of aromatic amines is 1. The van der Waals surface area contributed by atoms with Crippen molar-refractivity contribution in [3.63, 3.8) is 0 Å². The van der Waals surface area contributed by atoms with Gasteiger partial charge >= 0.3 is 0 Å². The predicted molar refractivity (Wildman–Crippen MR) is 136 cm³/mol. The topological polar surface area (TPSA) is 73.9 Å². The highest BCUT2D eigenvalue weighted by Gasteiger charge is 2.21. The largest absolute Gasteiger partial charge is 0.350 e. The molecule has 34 heavy (non-hydrogen) atoms. The van der Waals surface area contributed by atoms with Crippen LogP contribution in [0, 0.1) is 12.8 Å². The molecule has 1 aliphatic heterocycles. The Kier molecular flexibility index (Phi) is 6.67. The molecule has 0 saturated carbocycles. The number of carbonyl (C=O) groups is 1. The molecule has 0 atom stereocenters. The van der Waals surface area contributed by atoms with Gasteiger partial charge in [-0.25, -0.2) is 0 Å². The van der Waals surface area contributed by atoms with Crippen molar-refractivity contribution < 1.29 is 4.79 Å². The molecule has 0 radical (unpaired) electrons. The SMILES string of the molecule is Cc1ccc(-c2ccc3[nH]nc(C(=O)NCC4CCN(CCc5ccccc5)CC4)c3c2)cn1. The summed E-state index contributed by atoms with van der Waals surface area (Å²) in [5.41, 5.74) is 5.75. The Morgan fingerprint density at radius 1 is 1.06 bits per heavy atom. The van der Waals surface area contributed by atoms with Crippen LogP contribution in [0.5, 0.6) is 0 Å². The van der Waals surface area contributed by atoms with Crippen molar-refractivity contribution in [1.82, 2.24) is 25.4 Å². The van der Waals surface area contributed by atoms with E-state index in [-0.39, 0.29) is 5.91 Å². The maximum atomic E-state index is 13.0. The molecule has 2 N–H and O–H groups in total. The fourth-order valence-electron chi connectivity index (χ4n) is 4.67. The minimum atomic E-state index is -0.114. The molecule has 3 heterocycles. The zero-order valence-corrected chi connectivity index (χ0v) is 19.6. The lowest BCUT2D eigenvalue weighted by Crippen LogP contribution is -2.39. The molecule has 0 bridgehead atoms. The molecule has 1 fully saturated rings. The van der Waals surface area contributed by atoms with E-state index in [2.05, 4.69) is 61.8 Å². The van der Waals surface area contributed by atoms with E-state index in [1.165, 1.54) is 5.56 Å². The van der Waals surface area contributed by atoms with E-state index in [0.29, 0.717) is 18.2 Å². The molecule has 1 aliphatic rings. The second-order valence-corrected chi connectivity index (χ2v) is 9.25. The molecule has 6 heteroatoms. The van der Waals surface area contributed by atoms with Crippen molar-refractivity contribution >= 4 is 16.8 Å². The van der Waals surface area contributed by atoms with Gasteiger partial charge in [-0.05, 0) is 74.5 Å². The molecular formula is C28H31N5O. The Bertz CT molecular complexity index is 1240. The first-order valence-corrected chi connectivity index (χ1v) is 12.1. The van der Waals surface area contributed by atoms with Crippen LogP contribution in [0.1, 0.15) is 34.6 Å². The van der Waals surface area contributed by atoms with Gasteiger partial charge in [-0.2, -0.15) is 5.10 Å². The number of piperidine rings is 1. The maximum Gasteiger partial charge on any atom is 0.272 e. The summed E-state index contributed by atoms with van der Waals surface area (Å²) in [6, 6.07) is 20.7. The van der Waals surface area contributed by atoms with Crippen LogP contribution in [0.3, 0.4) is 0 Å². The molecule has 0 aliphatic carbocycles. The van der Waals surface area contributed by atoms with Gasteiger partial charge in [0.2, 0.25) is 0 Å². The summed E-state index contributed by atoms with van der Waals surface area (Å²) in [6.45, 7) is 5.95. The van der Waals surface area contributed by atoms with Crippen LogP contribution in [0.2, 0.25) is 0 Å². The third-order valence-electron chi connectivity index (χ3n) is 6.84. The lowest BCUT2D eigenvalue weighted by molar-refractivity contribution is 0.0933. The van der Waals surface area contributed by atoms with Crippen LogP contribution < -0.4 is 5.32 Å². The van der Waals surface area contributed by atoms with Crippen molar-refractivity contribution in [3.05, 3.63) is 83.8 Å². The Hall–Kier alpha value is -3.51. The van der Waals surface area contributed by atoms with Crippen LogP contribution >= 0.6 is 0 Å². The standard InChI is InChI=1S/C28H31N5O/c1-20-7-8-24(19-29-20)23-9-10-26-25(17-23)27(32-31-26)28(34)30-18-22-12-15-33(16-13-22)14-11-21-5-3-2-4-6-21/h2-10,17,19,22H,11-16,18H2,1H3,(H,30,34)(H,31,32). The average Bonchev–Trinajstić information content (AvgIpc) is 3.31. The van der Waals surface area contributed by atoms with Gasteiger partial charge in [0.15, 0.2) is 5.69 Å². The molecule has 1 amide bonds. The summed E-state index contributed by atoms with van der Waals surface area (Å²) in [5, 5.41) is 11.3. The number of hydrogen-bond acceptors (Lipinski definition) is 4. The lowest BCUT2D eigenvalue weighted by atomic mass is 9.96. The summed E-state index contributed by atoms with van der Waals surface area (Å²) in [6.07, 6.45) is 5.18. The van der Waals surface area contributed by atoms with E-state index in [0.717, 1.165) is 66.6 Å². The number of H-pyrrole nitrogens is 1. The van der Waals surface area contributed by atoms with E-state index in [9.17, 15) is 4.79 Å². The van der Waals surface area contributed by atoms with Crippen molar-refractivity contribution in [3.8, 4) is 11.1 Å². The first-order valence-electron chi connectivity index (χ1n) is 12.1. The molecular weight excluding hydrogens is 422 g/mol. The number of nitrogens with zero attached hydrogens (tertiary/aromatic N) is 3. The maximum absolute atomic E-state index is 13.0. The highest BCUT2D eigenvalue weighted by atomic mass is 16.1. The fourth-order valence-corrected chi connectivity index (χ4v) is 4.67. The molecule has 5 rings (SSSR count). The Labute approximate surface area is 200 Å². The smallest absolute Gasteiger partial charge is 0.272 e. The van der Waals surface area contributed by atoms with Crippen LogP contribution in [0.4, 0.5) is 0 Å². The third kappa shape index (κ3) is 5.18. The predicted octanol–water partition coefficient (Wildman–Crippen LogP) is 4.62. The van der Waals surface area contributed by atoms with E-state index >= 15 is 0 Å². The van der Waals surface area contributed by atoms with E-state index in [4.69, 9.17) is 0 Å². The van der Waals surface area contributed by atoms with E-state index in [1.807, 2.05) is 37.4 Å². The molecule has 2 aromatic carbocycles. The number of hydrogen-bond donors (Lipinski definition) is 2. The molecule has 0 unspecified atom stereocenters. The monoisotopic (exact) mass is 453 g/mol. The summed E-state index contributed by atoms with van der Waals surface area (Å²) < 4.78 is 0.